The van der Waals surface area contributed by atoms with Crippen LogP contribution in [-0.4, -0.2) is 38.7 Å². The van der Waals surface area contributed by atoms with Crippen molar-refractivity contribution in [1.82, 2.24) is 15.1 Å². The molecule has 0 radical (unpaired) electrons. The fraction of sp³-hybridized carbons (Fsp3) is 0.500. The van der Waals surface area contributed by atoms with E-state index in [9.17, 15) is 14.4 Å². The van der Waals surface area contributed by atoms with Crippen LogP contribution in [0.4, 0.5) is 0 Å². The van der Waals surface area contributed by atoms with E-state index in [-0.39, 0.29) is 18.5 Å². The first kappa shape index (κ1) is 15.7. The van der Waals surface area contributed by atoms with Gasteiger partial charge in [-0.3, -0.25) is 14.3 Å². The summed E-state index contributed by atoms with van der Waals surface area (Å²) in [5.41, 5.74) is 5.98. The predicted molar refractivity (Wildman–Crippen MR) is 69.9 cm³/mol. The summed E-state index contributed by atoms with van der Waals surface area (Å²) in [6, 6.07) is 0.442. The molecule has 8 nitrogen and oxygen atoms in total. The van der Waals surface area contributed by atoms with Crippen LogP contribution in [0.2, 0.25) is 0 Å². The number of nitrogens with zero attached hydrogens (tertiary/aromatic N) is 2. The zero-order valence-corrected chi connectivity index (χ0v) is 11.4. The van der Waals surface area contributed by atoms with Crippen LogP contribution in [0.5, 0.6) is 0 Å². The van der Waals surface area contributed by atoms with Crippen LogP contribution in [0.15, 0.2) is 6.07 Å². The molecule has 0 aromatic carbocycles. The Kier molecular flexibility index (Phi) is 5.24. The van der Waals surface area contributed by atoms with Gasteiger partial charge in [0.05, 0.1) is 5.69 Å². The van der Waals surface area contributed by atoms with Gasteiger partial charge in [-0.05, 0) is 18.9 Å². The highest BCUT2D eigenvalue weighted by Crippen LogP contribution is 2.05. The molecule has 0 unspecified atom stereocenters. The number of aromatic nitrogens is 2. The van der Waals surface area contributed by atoms with Crippen LogP contribution in [-0.2, 0) is 23.1 Å². The van der Waals surface area contributed by atoms with Crippen LogP contribution in [0.3, 0.4) is 0 Å². The van der Waals surface area contributed by atoms with Crippen LogP contribution >= 0.6 is 0 Å². The van der Waals surface area contributed by atoms with Gasteiger partial charge in [0, 0.05) is 13.5 Å². The van der Waals surface area contributed by atoms with E-state index in [1.807, 2.05) is 6.92 Å². The van der Waals surface area contributed by atoms with Crippen molar-refractivity contribution in [2.45, 2.75) is 32.2 Å². The number of rotatable bonds is 7. The highest BCUT2D eigenvalue weighted by Gasteiger charge is 2.23. The van der Waals surface area contributed by atoms with Crippen molar-refractivity contribution in [3.63, 3.8) is 0 Å². The fourth-order valence-corrected chi connectivity index (χ4v) is 1.69. The molecule has 0 bridgehead atoms. The van der Waals surface area contributed by atoms with Crippen LogP contribution in [0.25, 0.3) is 0 Å². The van der Waals surface area contributed by atoms with E-state index in [0.717, 1.165) is 5.69 Å². The molecule has 20 heavy (non-hydrogen) atoms. The van der Waals surface area contributed by atoms with Crippen molar-refractivity contribution in [2.75, 3.05) is 0 Å². The summed E-state index contributed by atoms with van der Waals surface area (Å²) >= 11 is 0. The Bertz CT molecular complexity index is 524. The summed E-state index contributed by atoms with van der Waals surface area (Å²) in [4.78, 5) is 33.7. The first-order chi connectivity index (χ1) is 9.35. The van der Waals surface area contributed by atoms with E-state index < -0.39 is 23.8 Å². The maximum Gasteiger partial charge on any atom is 0.326 e. The number of hydrogen-bond acceptors (Lipinski definition) is 4. The third kappa shape index (κ3) is 4.08. The molecule has 2 amide bonds. The first-order valence-corrected chi connectivity index (χ1v) is 6.20. The molecule has 1 rings (SSSR count). The molecule has 1 aromatic heterocycles. The number of hydrogen-bond donors (Lipinski definition) is 3. The van der Waals surface area contributed by atoms with Gasteiger partial charge >= 0.3 is 5.97 Å². The van der Waals surface area contributed by atoms with E-state index in [1.54, 1.807) is 13.1 Å². The highest BCUT2D eigenvalue weighted by atomic mass is 16.4. The average Bonchev–Trinajstić information content (AvgIpc) is 2.75. The van der Waals surface area contributed by atoms with E-state index in [4.69, 9.17) is 10.8 Å². The summed E-state index contributed by atoms with van der Waals surface area (Å²) in [7, 11) is 1.60. The van der Waals surface area contributed by atoms with E-state index in [0.29, 0.717) is 6.42 Å². The number of carboxylic acid groups (broad SMARTS) is 1. The maximum atomic E-state index is 12.0. The Morgan fingerprint density at radius 3 is 2.60 bits per heavy atom. The predicted octanol–water partition coefficient (Wildman–Crippen LogP) is -0.569. The monoisotopic (exact) mass is 282 g/mol. The van der Waals surface area contributed by atoms with Crippen LogP contribution < -0.4 is 11.1 Å². The number of nitrogens with one attached hydrogen (secondary N) is 1. The second-order valence-corrected chi connectivity index (χ2v) is 4.37. The SMILES string of the molecule is CCc1cc(C(=O)N[C@H](CCC(N)=O)C(=O)O)n(C)n1. The minimum absolute atomic E-state index is 0.0467. The average molecular weight is 282 g/mol. The van der Waals surface area contributed by atoms with Gasteiger partial charge in [0.25, 0.3) is 5.91 Å². The minimum atomic E-state index is -1.21. The van der Waals surface area contributed by atoms with Crippen molar-refractivity contribution < 1.29 is 19.5 Å². The first-order valence-electron chi connectivity index (χ1n) is 6.20. The molecule has 0 aliphatic rings. The topological polar surface area (TPSA) is 127 Å². The van der Waals surface area contributed by atoms with E-state index in [1.165, 1.54) is 4.68 Å². The summed E-state index contributed by atoms with van der Waals surface area (Å²) in [5, 5.41) is 15.5. The van der Waals surface area contributed by atoms with Crippen molar-refractivity contribution >= 4 is 17.8 Å². The van der Waals surface area contributed by atoms with E-state index in [2.05, 4.69) is 10.4 Å². The molecule has 1 atom stereocenters. The largest absolute Gasteiger partial charge is 0.480 e. The summed E-state index contributed by atoms with van der Waals surface area (Å²) in [5.74, 6) is -2.37. The number of primary amides is 1. The Labute approximate surface area is 115 Å². The van der Waals surface area contributed by atoms with Gasteiger partial charge < -0.3 is 16.2 Å². The van der Waals surface area contributed by atoms with Gasteiger partial charge in [-0.1, -0.05) is 6.92 Å². The lowest BCUT2D eigenvalue weighted by atomic mass is 10.1. The number of carbonyl (C=O) groups is 3. The van der Waals surface area contributed by atoms with Crippen molar-refractivity contribution in [2.24, 2.45) is 12.8 Å². The second-order valence-electron chi connectivity index (χ2n) is 4.37. The third-order valence-electron chi connectivity index (χ3n) is 2.81. The number of aryl methyl sites for hydroxylation is 2. The number of carbonyl (C=O) groups excluding carboxylic acids is 2. The quantitative estimate of drug-likeness (QED) is 0.617. The molecule has 0 fully saturated rings. The Balaban J connectivity index is 2.77. The van der Waals surface area contributed by atoms with Crippen molar-refractivity contribution in [3.05, 3.63) is 17.5 Å². The molecular formula is C12H18N4O4. The molecule has 0 aliphatic carbocycles. The molecule has 0 spiro atoms. The summed E-state index contributed by atoms with van der Waals surface area (Å²) < 4.78 is 1.39. The number of aliphatic carboxylic acids is 1. The molecule has 0 aliphatic heterocycles. The zero-order valence-electron chi connectivity index (χ0n) is 11.4. The number of carboxylic acids is 1. The van der Waals surface area contributed by atoms with Gasteiger partial charge in [0.2, 0.25) is 5.91 Å². The van der Waals surface area contributed by atoms with Gasteiger partial charge in [-0.25, -0.2) is 4.79 Å². The van der Waals surface area contributed by atoms with Crippen LogP contribution in [0, 0.1) is 0 Å². The molecule has 1 aromatic rings. The Hall–Kier alpha value is -2.38. The van der Waals surface area contributed by atoms with Gasteiger partial charge in [0.15, 0.2) is 0 Å². The van der Waals surface area contributed by atoms with Gasteiger partial charge in [0.1, 0.15) is 11.7 Å². The molecule has 0 saturated carbocycles. The normalized spacial score (nSPS) is 11.9. The van der Waals surface area contributed by atoms with Crippen LogP contribution in [0.1, 0.15) is 35.9 Å². The van der Waals surface area contributed by atoms with Gasteiger partial charge in [-0.2, -0.15) is 5.10 Å². The van der Waals surface area contributed by atoms with Crippen molar-refractivity contribution in [1.29, 1.82) is 0 Å². The second kappa shape index (κ2) is 6.69. The van der Waals surface area contributed by atoms with Gasteiger partial charge in [-0.15, -0.1) is 0 Å². The smallest absolute Gasteiger partial charge is 0.326 e. The Morgan fingerprint density at radius 1 is 1.50 bits per heavy atom. The minimum Gasteiger partial charge on any atom is -0.480 e. The maximum absolute atomic E-state index is 12.0. The third-order valence-corrected chi connectivity index (χ3v) is 2.81. The summed E-state index contributed by atoms with van der Waals surface area (Å²) in [6.45, 7) is 1.90. The zero-order chi connectivity index (χ0) is 15.3. The molecule has 8 heteroatoms. The number of nitrogens with two attached hydrogens (primary N) is 1. The molecular weight excluding hydrogens is 264 g/mol. The standard InChI is InChI=1S/C12H18N4O4/c1-3-7-6-9(16(2)15-7)11(18)14-8(12(19)20)4-5-10(13)17/h6,8H,3-5H2,1-2H3,(H2,13,17)(H,14,18)(H,19,20)/t8-/m1/s1. The summed E-state index contributed by atoms with van der Waals surface area (Å²) in [6.07, 6.45) is 0.517. The number of amides is 2. The molecule has 1 heterocycles. The van der Waals surface area contributed by atoms with Crippen molar-refractivity contribution in [3.8, 4) is 0 Å². The lowest BCUT2D eigenvalue weighted by molar-refractivity contribution is -0.139. The Morgan fingerprint density at radius 2 is 2.15 bits per heavy atom. The lowest BCUT2D eigenvalue weighted by Gasteiger charge is -2.13. The fourth-order valence-electron chi connectivity index (χ4n) is 1.69. The highest BCUT2D eigenvalue weighted by molar-refractivity contribution is 5.95. The molecule has 110 valence electrons. The van der Waals surface area contributed by atoms with E-state index >= 15 is 0 Å². The molecule has 4 N–H and O–H groups in total. The molecule has 0 saturated heterocycles. The lowest BCUT2D eigenvalue weighted by Crippen LogP contribution is -2.42.